The summed E-state index contributed by atoms with van der Waals surface area (Å²) in [5.74, 6) is 0. The molecule has 2 aromatic carbocycles. The van der Waals surface area contributed by atoms with Crippen LogP contribution in [-0.2, 0) is 14.1 Å². The standard InChI is InChI=1S/C18H14N4O3/c1-20-16-7-6-12(9-17(16)21(2)18(20)23)8-14(11-19)13-4-3-5-15(10-13)22(24)25/h3-10H,1-2H3. The molecule has 1 aromatic heterocycles. The summed E-state index contributed by atoms with van der Waals surface area (Å²) in [6.45, 7) is 0. The number of hydrogen-bond donors (Lipinski definition) is 0. The molecular formula is C18H14N4O3. The van der Waals surface area contributed by atoms with Crippen molar-refractivity contribution in [2.45, 2.75) is 0 Å². The van der Waals surface area contributed by atoms with Gasteiger partial charge < -0.3 is 0 Å². The molecule has 1 heterocycles. The number of benzene rings is 2. The summed E-state index contributed by atoms with van der Waals surface area (Å²) in [7, 11) is 3.38. The van der Waals surface area contributed by atoms with Gasteiger partial charge in [0.05, 0.1) is 27.6 Å². The van der Waals surface area contributed by atoms with E-state index in [-0.39, 0.29) is 11.4 Å². The van der Waals surface area contributed by atoms with Crippen molar-refractivity contribution in [2.24, 2.45) is 14.1 Å². The van der Waals surface area contributed by atoms with Gasteiger partial charge in [0, 0.05) is 26.2 Å². The summed E-state index contributed by atoms with van der Waals surface area (Å²) in [5.41, 5.74) is 2.85. The summed E-state index contributed by atoms with van der Waals surface area (Å²) in [4.78, 5) is 22.4. The molecule has 0 saturated carbocycles. The molecule has 0 unspecified atom stereocenters. The van der Waals surface area contributed by atoms with Crippen LogP contribution in [0.3, 0.4) is 0 Å². The highest BCUT2D eigenvalue weighted by Crippen LogP contribution is 2.23. The largest absolute Gasteiger partial charge is 0.328 e. The van der Waals surface area contributed by atoms with Crippen LogP contribution in [0.4, 0.5) is 5.69 Å². The van der Waals surface area contributed by atoms with E-state index < -0.39 is 4.92 Å². The van der Waals surface area contributed by atoms with E-state index in [9.17, 15) is 20.2 Å². The van der Waals surface area contributed by atoms with Gasteiger partial charge in [0.15, 0.2) is 0 Å². The minimum Gasteiger partial charge on any atom is -0.295 e. The first kappa shape index (κ1) is 16.2. The molecule has 0 bridgehead atoms. The monoisotopic (exact) mass is 334 g/mol. The summed E-state index contributed by atoms with van der Waals surface area (Å²) in [6.07, 6.45) is 1.65. The Balaban J connectivity index is 2.12. The van der Waals surface area contributed by atoms with Crippen LogP contribution < -0.4 is 5.69 Å². The van der Waals surface area contributed by atoms with Crippen molar-refractivity contribution in [1.82, 2.24) is 9.13 Å². The van der Waals surface area contributed by atoms with Crippen molar-refractivity contribution in [3.05, 3.63) is 74.2 Å². The fraction of sp³-hybridized carbons (Fsp3) is 0.111. The number of nitro benzene ring substituents is 1. The van der Waals surface area contributed by atoms with Crippen molar-refractivity contribution >= 4 is 28.4 Å². The second-order valence-corrected chi connectivity index (χ2v) is 5.63. The van der Waals surface area contributed by atoms with E-state index in [0.717, 1.165) is 16.6 Å². The summed E-state index contributed by atoms with van der Waals surface area (Å²) in [6, 6.07) is 13.4. The van der Waals surface area contributed by atoms with Crippen LogP contribution in [0.5, 0.6) is 0 Å². The third kappa shape index (κ3) is 2.81. The van der Waals surface area contributed by atoms with Gasteiger partial charge in [0.25, 0.3) is 5.69 Å². The van der Waals surface area contributed by atoms with Crippen LogP contribution in [0.25, 0.3) is 22.7 Å². The number of fused-ring (bicyclic) bond motifs is 1. The molecule has 0 aliphatic carbocycles. The molecule has 0 aliphatic heterocycles. The average Bonchev–Trinajstić information content (AvgIpc) is 2.84. The number of nitriles is 1. The Kier molecular flexibility index (Phi) is 3.95. The molecule has 0 spiro atoms. The van der Waals surface area contributed by atoms with Crippen molar-refractivity contribution < 1.29 is 4.92 Å². The molecule has 25 heavy (non-hydrogen) atoms. The van der Waals surface area contributed by atoms with Crippen LogP contribution >= 0.6 is 0 Å². The zero-order chi connectivity index (χ0) is 18.1. The number of non-ortho nitro benzene ring substituents is 1. The SMILES string of the molecule is Cn1c(=O)n(C)c2cc(C=C(C#N)c3cccc([N+](=O)[O-])c3)ccc21. The van der Waals surface area contributed by atoms with E-state index in [4.69, 9.17) is 0 Å². The average molecular weight is 334 g/mol. The molecule has 3 rings (SSSR count). The van der Waals surface area contributed by atoms with Crippen molar-refractivity contribution in [2.75, 3.05) is 0 Å². The Bertz CT molecular complexity index is 1130. The number of aromatic nitrogens is 2. The van der Waals surface area contributed by atoms with E-state index >= 15 is 0 Å². The fourth-order valence-corrected chi connectivity index (χ4v) is 2.75. The number of nitro groups is 1. The Morgan fingerprint density at radius 1 is 1.16 bits per heavy atom. The van der Waals surface area contributed by atoms with Gasteiger partial charge in [0.2, 0.25) is 0 Å². The topological polar surface area (TPSA) is 93.9 Å². The van der Waals surface area contributed by atoms with Crippen LogP contribution in [0.15, 0.2) is 47.3 Å². The Morgan fingerprint density at radius 2 is 1.88 bits per heavy atom. The zero-order valence-corrected chi connectivity index (χ0v) is 13.6. The molecule has 7 heteroatoms. The third-order valence-corrected chi connectivity index (χ3v) is 4.10. The van der Waals surface area contributed by atoms with Gasteiger partial charge in [0.1, 0.15) is 0 Å². The molecule has 7 nitrogen and oxygen atoms in total. The Labute approximate surface area is 142 Å². The number of imidazole rings is 1. The van der Waals surface area contributed by atoms with E-state index in [1.165, 1.54) is 16.7 Å². The van der Waals surface area contributed by atoms with Crippen molar-refractivity contribution in [1.29, 1.82) is 5.26 Å². The molecule has 0 amide bonds. The summed E-state index contributed by atoms with van der Waals surface area (Å²) >= 11 is 0. The van der Waals surface area contributed by atoms with Gasteiger partial charge in [-0.15, -0.1) is 0 Å². The van der Waals surface area contributed by atoms with Gasteiger partial charge in [-0.05, 0) is 29.3 Å². The maximum atomic E-state index is 12.0. The molecule has 0 saturated heterocycles. The van der Waals surface area contributed by atoms with Gasteiger partial charge >= 0.3 is 5.69 Å². The first-order valence-corrected chi connectivity index (χ1v) is 7.44. The highest BCUT2D eigenvalue weighted by atomic mass is 16.6. The number of rotatable bonds is 3. The molecular weight excluding hydrogens is 320 g/mol. The van der Waals surface area contributed by atoms with Gasteiger partial charge in [-0.2, -0.15) is 5.26 Å². The number of allylic oxidation sites excluding steroid dienone is 1. The predicted molar refractivity (Wildman–Crippen MR) is 94.7 cm³/mol. The maximum Gasteiger partial charge on any atom is 0.328 e. The van der Waals surface area contributed by atoms with Gasteiger partial charge in [-0.25, -0.2) is 4.79 Å². The van der Waals surface area contributed by atoms with E-state index in [1.807, 2.05) is 12.1 Å². The molecule has 0 aliphatic rings. The molecule has 124 valence electrons. The summed E-state index contributed by atoms with van der Waals surface area (Å²) in [5, 5.41) is 20.3. The smallest absolute Gasteiger partial charge is 0.295 e. The lowest BCUT2D eigenvalue weighted by molar-refractivity contribution is -0.384. The minimum absolute atomic E-state index is 0.0699. The molecule has 0 atom stereocenters. The quantitative estimate of drug-likeness (QED) is 0.318. The first-order chi connectivity index (χ1) is 11.9. The number of nitrogens with zero attached hydrogens (tertiary/aromatic N) is 4. The lowest BCUT2D eigenvalue weighted by Gasteiger charge is -2.02. The van der Waals surface area contributed by atoms with Crippen molar-refractivity contribution in [3.8, 4) is 6.07 Å². The maximum absolute atomic E-state index is 12.0. The Hall–Kier alpha value is -3.66. The normalized spacial score (nSPS) is 11.5. The van der Waals surface area contributed by atoms with Gasteiger partial charge in [-0.1, -0.05) is 18.2 Å². The van der Waals surface area contributed by atoms with Crippen LogP contribution in [0, 0.1) is 21.4 Å². The van der Waals surface area contributed by atoms with Crippen molar-refractivity contribution in [3.63, 3.8) is 0 Å². The lowest BCUT2D eigenvalue weighted by Crippen LogP contribution is -2.19. The second-order valence-electron chi connectivity index (χ2n) is 5.63. The van der Waals surface area contributed by atoms with Crippen LogP contribution in [0.2, 0.25) is 0 Å². The van der Waals surface area contributed by atoms with E-state index in [1.54, 1.807) is 42.9 Å². The first-order valence-electron chi connectivity index (χ1n) is 7.44. The highest BCUT2D eigenvalue weighted by molar-refractivity contribution is 5.91. The van der Waals surface area contributed by atoms with E-state index in [0.29, 0.717) is 11.1 Å². The fourth-order valence-electron chi connectivity index (χ4n) is 2.75. The van der Waals surface area contributed by atoms with Crippen LogP contribution in [0.1, 0.15) is 11.1 Å². The molecule has 0 radical (unpaired) electrons. The second kappa shape index (κ2) is 6.09. The third-order valence-electron chi connectivity index (χ3n) is 4.10. The predicted octanol–water partition coefficient (Wildman–Crippen LogP) is 2.85. The minimum atomic E-state index is -0.496. The number of hydrogen-bond acceptors (Lipinski definition) is 4. The Morgan fingerprint density at radius 3 is 2.56 bits per heavy atom. The van der Waals surface area contributed by atoms with Gasteiger partial charge in [-0.3, -0.25) is 19.2 Å². The molecule has 3 aromatic rings. The summed E-state index contributed by atoms with van der Waals surface area (Å²) < 4.78 is 3.08. The molecule has 0 N–H and O–H groups in total. The molecule has 0 fully saturated rings. The zero-order valence-electron chi connectivity index (χ0n) is 13.6. The highest BCUT2D eigenvalue weighted by Gasteiger charge is 2.10. The lowest BCUT2D eigenvalue weighted by atomic mass is 10.0. The van der Waals surface area contributed by atoms with E-state index in [2.05, 4.69) is 6.07 Å². The number of aryl methyl sites for hydroxylation is 2. The van der Waals surface area contributed by atoms with Crippen LogP contribution in [-0.4, -0.2) is 14.1 Å².